The molecule has 1 rings (SSSR count). The number of halogens is 1. The number of unbranched alkanes of at least 4 members (excludes halogenated alkanes) is 6. The van der Waals surface area contributed by atoms with Gasteiger partial charge in [-0.1, -0.05) is 51.9 Å². The molecule has 18 heavy (non-hydrogen) atoms. The smallest absolute Gasteiger partial charge is 0.0594 e. The maximum Gasteiger partial charge on any atom is 0.0594 e. The van der Waals surface area contributed by atoms with Crippen molar-refractivity contribution >= 4 is 17.0 Å². The standard InChI is InChI=1S/C15H31NO.BrH/c1-3-4-5-6-7-8-9-10-15(2)16-11-13-17-14-12-16;/h15H,3-14H2,1-2H3;1H. The minimum absolute atomic E-state index is 0. The zero-order valence-electron chi connectivity index (χ0n) is 12.3. The predicted octanol–water partition coefficient (Wildman–Crippen LogP) is 4.43. The average Bonchev–Trinajstić information content (AvgIpc) is 2.38. The Morgan fingerprint density at radius 3 is 2.11 bits per heavy atom. The first-order chi connectivity index (χ1) is 8.34. The van der Waals surface area contributed by atoms with Gasteiger partial charge in [0.1, 0.15) is 0 Å². The average molecular weight is 322 g/mol. The van der Waals surface area contributed by atoms with Crippen molar-refractivity contribution < 1.29 is 4.74 Å². The normalized spacial score (nSPS) is 18.3. The number of hydrogen-bond donors (Lipinski definition) is 0. The minimum Gasteiger partial charge on any atom is -0.379 e. The van der Waals surface area contributed by atoms with Crippen molar-refractivity contribution in [3.05, 3.63) is 0 Å². The summed E-state index contributed by atoms with van der Waals surface area (Å²) in [5.41, 5.74) is 0. The number of ether oxygens (including phenoxy) is 1. The lowest BCUT2D eigenvalue weighted by Crippen LogP contribution is -2.42. The Kier molecular flexibility index (Phi) is 12.7. The molecule has 3 heteroatoms. The van der Waals surface area contributed by atoms with Crippen molar-refractivity contribution in [2.24, 2.45) is 0 Å². The fourth-order valence-corrected chi connectivity index (χ4v) is 2.60. The van der Waals surface area contributed by atoms with Crippen LogP contribution in [0.5, 0.6) is 0 Å². The van der Waals surface area contributed by atoms with Gasteiger partial charge in [-0.25, -0.2) is 0 Å². The van der Waals surface area contributed by atoms with Crippen LogP contribution in [0.4, 0.5) is 0 Å². The molecule has 0 aromatic rings. The summed E-state index contributed by atoms with van der Waals surface area (Å²) < 4.78 is 5.39. The summed E-state index contributed by atoms with van der Waals surface area (Å²) in [6.45, 7) is 8.80. The number of morpholine rings is 1. The minimum atomic E-state index is 0. The molecule has 0 aliphatic carbocycles. The molecular formula is C15H32BrNO. The van der Waals surface area contributed by atoms with E-state index >= 15 is 0 Å². The van der Waals surface area contributed by atoms with E-state index < -0.39 is 0 Å². The van der Waals surface area contributed by atoms with E-state index in [1.807, 2.05) is 0 Å². The Morgan fingerprint density at radius 1 is 0.944 bits per heavy atom. The van der Waals surface area contributed by atoms with Gasteiger partial charge in [0, 0.05) is 19.1 Å². The molecule has 1 atom stereocenters. The molecule has 0 aromatic heterocycles. The van der Waals surface area contributed by atoms with Crippen LogP contribution in [0.15, 0.2) is 0 Å². The Labute approximate surface area is 124 Å². The first kappa shape index (κ1) is 18.4. The lowest BCUT2D eigenvalue weighted by Gasteiger charge is -2.32. The van der Waals surface area contributed by atoms with Gasteiger partial charge in [-0.15, -0.1) is 17.0 Å². The predicted molar refractivity (Wildman–Crippen MR) is 84.8 cm³/mol. The first-order valence-electron chi connectivity index (χ1n) is 7.66. The summed E-state index contributed by atoms with van der Waals surface area (Å²) in [4.78, 5) is 2.58. The van der Waals surface area contributed by atoms with Crippen LogP contribution in [0.3, 0.4) is 0 Å². The number of hydrogen-bond acceptors (Lipinski definition) is 2. The third kappa shape index (κ3) is 8.49. The zero-order chi connectivity index (χ0) is 12.3. The van der Waals surface area contributed by atoms with Gasteiger partial charge in [-0.05, 0) is 13.3 Å². The monoisotopic (exact) mass is 321 g/mol. The molecule has 0 radical (unpaired) electrons. The molecular weight excluding hydrogens is 290 g/mol. The van der Waals surface area contributed by atoms with Gasteiger partial charge in [-0.3, -0.25) is 4.90 Å². The van der Waals surface area contributed by atoms with Crippen molar-refractivity contribution in [3.63, 3.8) is 0 Å². The lowest BCUT2D eigenvalue weighted by molar-refractivity contribution is 0.0181. The number of nitrogens with zero attached hydrogens (tertiary/aromatic N) is 1. The maximum absolute atomic E-state index is 5.39. The molecule has 0 amide bonds. The van der Waals surface area contributed by atoms with Crippen LogP contribution in [0.25, 0.3) is 0 Å². The molecule has 1 aliphatic rings. The van der Waals surface area contributed by atoms with Gasteiger partial charge >= 0.3 is 0 Å². The summed E-state index contributed by atoms with van der Waals surface area (Å²) in [6.07, 6.45) is 11.3. The van der Waals surface area contributed by atoms with E-state index in [9.17, 15) is 0 Å². The molecule has 1 unspecified atom stereocenters. The molecule has 0 aromatic carbocycles. The highest BCUT2D eigenvalue weighted by molar-refractivity contribution is 8.93. The fraction of sp³-hybridized carbons (Fsp3) is 1.00. The van der Waals surface area contributed by atoms with Crippen LogP contribution in [0, 0.1) is 0 Å². The second-order valence-corrected chi connectivity index (χ2v) is 5.41. The lowest BCUT2D eigenvalue weighted by atomic mass is 10.0. The van der Waals surface area contributed by atoms with Crippen LogP contribution < -0.4 is 0 Å². The van der Waals surface area contributed by atoms with Crippen molar-refractivity contribution in [2.75, 3.05) is 26.3 Å². The van der Waals surface area contributed by atoms with Crippen LogP contribution in [0.1, 0.15) is 65.2 Å². The number of rotatable bonds is 9. The fourth-order valence-electron chi connectivity index (χ4n) is 2.60. The highest BCUT2D eigenvalue weighted by atomic mass is 79.9. The molecule has 1 saturated heterocycles. The summed E-state index contributed by atoms with van der Waals surface area (Å²) in [5, 5.41) is 0. The molecule has 2 nitrogen and oxygen atoms in total. The highest BCUT2D eigenvalue weighted by Gasteiger charge is 2.15. The Bertz CT molecular complexity index is 172. The van der Waals surface area contributed by atoms with E-state index in [0.29, 0.717) is 0 Å². The molecule has 1 aliphatic heterocycles. The quantitative estimate of drug-likeness (QED) is 0.583. The second kappa shape index (κ2) is 12.4. The molecule has 0 saturated carbocycles. The van der Waals surface area contributed by atoms with Crippen molar-refractivity contribution in [3.8, 4) is 0 Å². The summed E-state index contributed by atoms with van der Waals surface area (Å²) in [5.74, 6) is 0. The van der Waals surface area contributed by atoms with Gasteiger partial charge in [0.2, 0.25) is 0 Å². The van der Waals surface area contributed by atoms with Crippen molar-refractivity contribution in [1.82, 2.24) is 4.90 Å². The van der Waals surface area contributed by atoms with Gasteiger partial charge in [0.05, 0.1) is 13.2 Å². The molecule has 0 bridgehead atoms. The van der Waals surface area contributed by atoms with E-state index in [1.165, 1.54) is 51.4 Å². The van der Waals surface area contributed by atoms with Crippen LogP contribution in [-0.2, 0) is 4.74 Å². The third-order valence-corrected chi connectivity index (χ3v) is 3.89. The Morgan fingerprint density at radius 2 is 1.50 bits per heavy atom. The molecule has 0 N–H and O–H groups in total. The van der Waals surface area contributed by atoms with Crippen molar-refractivity contribution in [1.29, 1.82) is 0 Å². The topological polar surface area (TPSA) is 12.5 Å². The second-order valence-electron chi connectivity index (χ2n) is 5.41. The van der Waals surface area contributed by atoms with Crippen LogP contribution in [-0.4, -0.2) is 37.2 Å². The van der Waals surface area contributed by atoms with E-state index in [1.54, 1.807) is 0 Å². The van der Waals surface area contributed by atoms with Gasteiger partial charge in [0.25, 0.3) is 0 Å². The van der Waals surface area contributed by atoms with Gasteiger partial charge < -0.3 is 4.74 Å². The van der Waals surface area contributed by atoms with Gasteiger partial charge in [-0.2, -0.15) is 0 Å². The molecule has 1 fully saturated rings. The summed E-state index contributed by atoms with van der Waals surface area (Å²) >= 11 is 0. The SMILES string of the molecule is Br.CCCCCCCCCC(C)N1CCOCC1. The van der Waals surface area contributed by atoms with E-state index in [4.69, 9.17) is 4.74 Å². The molecule has 110 valence electrons. The van der Waals surface area contributed by atoms with E-state index in [2.05, 4.69) is 18.7 Å². The Hall–Kier alpha value is 0.400. The largest absolute Gasteiger partial charge is 0.379 e. The summed E-state index contributed by atoms with van der Waals surface area (Å²) in [6, 6.07) is 0.759. The van der Waals surface area contributed by atoms with E-state index in [-0.39, 0.29) is 17.0 Å². The Balaban J connectivity index is 0.00000289. The summed E-state index contributed by atoms with van der Waals surface area (Å²) in [7, 11) is 0. The maximum atomic E-state index is 5.39. The van der Waals surface area contributed by atoms with Crippen LogP contribution >= 0.6 is 17.0 Å². The molecule has 0 spiro atoms. The highest BCUT2D eigenvalue weighted by Crippen LogP contribution is 2.13. The van der Waals surface area contributed by atoms with E-state index in [0.717, 1.165) is 32.3 Å². The zero-order valence-corrected chi connectivity index (χ0v) is 14.0. The first-order valence-corrected chi connectivity index (χ1v) is 7.66. The van der Waals surface area contributed by atoms with Crippen molar-refractivity contribution in [2.45, 2.75) is 71.3 Å². The van der Waals surface area contributed by atoms with Crippen LogP contribution in [0.2, 0.25) is 0 Å². The van der Waals surface area contributed by atoms with Gasteiger partial charge in [0.15, 0.2) is 0 Å². The molecule has 1 heterocycles. The third-order valence-electron chi connectivity index (χ3n) is 3.89.